The summed E-state index contributed by atoms with van der Waals surface area (Å²) in [7, 11) is 3.19. The Morgan fingerprint density at radius 1 is 1.05 bits per heavy atom. The molecule has 0 fully saturated rings. The highest BCUT2D eigenvalue weighted by molar-refractivity contribution is 5.62. The van der Waals surface area contributed by atoms with Gasteiger partial charge in [0.25, 0.3) is 0 Å². The van der Waals surface area contributed by atoms with E-state index in [4.69, 9.17) is 15.2 Å². The van der Waals surface area contributed by atoms with E-state index in [0.717, 1.165) is 5.69 Å². The van der Waals surface area contributed by atoms with Crippen LogP contribution in [-0.4, -0.2) is 24.2 Å². The van der Waals surface area contributed by atoms with E-state index in [2.05, 4.69) is 15.3 Å². The van der Waals surface area contributed by atoms with E-state index in [1.54, 1.807) is 27.2 Å². The molecule has 6 heteroatoms. The highest BCUT2D eigenvalue weighted by Gasteiger charge is 2.06. The predicted molar refractivity (Wildman–Crippen MR) is 74.0 cm³/mol. The van der Waals surface area contributed by atoms with Crippen LogP contribution >= 0.6 is 0 Å². The number of benzene rings is 1. The van der Waals surface area contributed by atoms with E-state index >= 15 is 0 Å². The van der Waals surface area contributed by atoms with Gasteiger partial charge in [0, 0.05) is 17.8 Å². The van der Waals surface area contributed by atoms with Gasteiger partial charge in [-0.25, -0.2) is 9.97 Å². The summed E-state index contributed by atoms with van der Waals surface area (Å²) >= 11 is 0. The molecular weight excluding hydrogens is 244 g/mol. The number of anilines is 3. The first-order valence-electron chi connectivity index (χ1n) is 5.72. The number of ether oxygens (including phenoxy) is 2. The molecule has 3 N–H and O–H groups in total. The van der Waals surface area contributed by atoms with Crippen molar-refractivity contribution in [3.05, 3.63) is 30.1 Å². The third kappa shape index (κ3) is 3.04. The molecule has 0 amide bonds. The molecule has 0 aliphatic heterocycles. The van der Waals surface area contributed by atoms with E-state index in [1.807, 2.05) is 18.2 Å². The molecule has 0 bridgehead atoms. The molecule has 1 heterocycles. The van der Waals surface area contributed by atoms with Gasteiger partial charge >= 0.3 is 0 Å². The maximum absolute atomic E-state index is 5.68. The first kappa shape index (κ1) is 12.9. The zero-order valence-corrected chi connectivity index (χ0v) is 11.1. The second kappa shape index (κ2) is 5.43. The molecule has 0 atom stereocenters. The number of methoxy groups -OCH3 is 2. The quantitative estimate of drug-likeness (QED) is 0.876. The molecule has 0 saturated heterocycles. The minimum Gasteiger partial charge on any atom is -0.493 e. The largest absolute Gasteiger partial charge is 0.493 e. The van der Waals surface area contributed by atoms with Crippen LogP contribution in [0, 0.1) is 6.92 Å². The summed E-state index contributed by atoms with van der Waals surface area (Å²) in [6, 6.07) is 7.18. The number of nitrogen functional groups attached to an aromatic ring is 1. The fourth-order valence-electron chi connectivity index (χ4n) is 1.72. The summed E-state index contributed by atoms with van der Waals surface area (Å²) in [5.41, 5.74) is 6.51. The molecule has 0 saturated carbocycles. The molecule has 0 aliphatic carbocycles. The topological polar surface area (TPSA) is 82.3 Å². The van der Waals surface area contributed by atoms with Crippen LogP contribution in [-0.2, 0) is 0 Å². The van der Waals surface area contributed by atoms with Gasteiger partial charge in [-0.05, 0) is 19.1 Å². The Labute approximate surface area is 111 Å². The van der Waals surface area contributed by atoms with Gasteiger partial charge < -0.3 is 20.5 Å². The van der Waals surface area contributed by atoms with Gasteiger partial charge in [-0.1, -0.05) is 0 Å². The maximum Gasteiger partial charge on any atom is 0.162 e. The summed E-state index contributed by atoms with van der Waals surface area (Å²) < 4.78 is 10.4. The zero-order valence-electron chi connectivity index (χ0n) is 11.1. The molecule has 2 rings (SSSR count). The summed E-state index contributed by atoms with van der Waals surface area (Å²) in [6.45, 7) is 1.79. The Morgan fingerprint density at radius 3 is 2.42 bits per heavy atom. The van der Waals surface area contributed by atoms with Crippen molar-refractivity contribution in [2.75, 3.05) is 25.3 Å². The van der Waals surface area contributed by atoms with E-state index < -0.39 is 0 Å². The van der Waals surface area contributed by atoms with Crippen LogP contribution in [0.3, 0.4) is 0 Å². The van der Waals surface area contributed by atoms with Crippen LogP contribution in [0.4, 0.5) is 17.3 Å². The fraction of sp³-hybridized carbons (Fsp3) is 0.231. The number of nitrogens with one attached hydrogen (secondary N) is 1. The smallest absolute Gasteiger partial charge is 0.162 e. The average molecular weight is 260 g/mol. The molecule has 2 aromatic rings. The zero-order chi connectivity index (χ0) is 13.8. The number of hydrogen-bond acceptors (Lipinski definition) is 6. The number of nitrogens with zero attached hydrogens (tertiary/aromatic N) is 2. The maximum atomic E-state index is 5.68. The summed E-state index contributed by atoms with van der Waals surface area (Å²) in [5, 5.41) is 3.14. The van der Waals surface area contributed by atoms with Crippen molar-refractivity contribution in [2.24, 2.45) is 0 Å². The van der Waals surface area contributed by atoms with E-state index in [-0.39, 0.29) is 0 Å². The molecule has 0 radical (unpaired) electrons. The summed E-state index contributed by atoms with van der Waals surface area (Å²) in [6.07, 6.45) is 0. The highest BCUT2D eigenvalue weighted by atomic mass is 16.5. The molecular formula is C13H16N4O2. The third-order valence-corrected chi connectivity index (χ3v) is 2.51. The second-order valence-corrected chi connectivity index (χ2v) is 3.92. The first-order chi connectivity index (χ1) is 9.12. The van der Waals surface area contributed by atoms with Gasteiger partial charge in [0.05, 0.1) is 14.2 Å². The highest BCUT2D eigenvalue weighted by Crippen LogP contribution is 2.30. The van der Waals surface area contributed by atoms with Crippen molar-refractivity contribution >= 4 is 17.3 Å². The second-order valence-electron chi connectivity index (χ2n) is 3.92. The van der Waals surface area contributed by atoms with Gasteiger partial charge in [-0.15, -0.1) is 0 Å². The summed E-state index contributed by atoms with van der Waals surface area (Å²) in [5.74, 6) is 2.99. The van der Waals surface area contributed by atoms with Gasteiger partial charge in [-0.2, -0.15) is 0 Å². The van der Waals surface area contributed by atoms with Crippen LogP contribution in [0.1, 0.15) is 5.82 Å². The van der Waals surface area contributed by atoms with Crippen LogP contribution in [0.15, 0.2) is 24.3 Å². The molecule has 6 nitrogen and oxygen atoms in total. The molecule has 0 spiro atoms. The predicted octanol–water partition coefficient (Wildman–Crippen LogP) is 2.13. The van der Waals surface area contributed by atoms with Crippen molar-refractivity contribution in [3.8, 4) is 11.5 Å². The minimum absolute atomic E-state index is 0.426. The monoisotopic (exact) mass is 260 g/mol. The van der Waals surface area contributed by atoms with Crippen molar-refractivity contribution in [1.82, 2.24) is 9.97 Å². The lowest BCUT2D eigenvalue weighted by molar-refractivity contribution is 0.355. The minimum atomic E-state index is 0.426. The Bertz CT molecular complexity index is 567. The van der Waals surface area contributed by atoms with Crippen molar-refractivity contribution in [1.29, 1.82) is 0 Å². The normalized spacial score (nSPS) is 10.1. The number of aromatic nitrogens is 2. The van der Waals surface area contributed by atoms with E-state index in [1.165, 1.54) is 0 Å². The molecule has 1 aromatic carbocycles. The van der Waals surface area contributed by atoms with E-state index in [0.29, 0.717) is 29.0 Å². The van der Waals surface area contributed by atoms with Crippen molar-refractivity contribution in [2.45, 2.75) is 6.92 Å². The van der Waals surface area contributed by atoms with E-state index in [9.17, 15) is 0 Å². The van der Waals surface area contributed by atoms with Gasteiger partial charge in [0.2, 0.25) is 0 Å². The Kier molecular flexibility index (Phi) is 3.70. The molecule has 100 valence electrons. The lowest BCUT2D eigenvalue weighted by Crippen LogP contribution is -2.01. The van der Waals surface area contributed by atoms with Gasteiger partial charge in [-0.3, -0.25) is 0 Å². The summed E-state index contributed by atoms with van der Waals surface area (Å²) in [4.78, 5) is 8.27. The number of hydrogen-bond donors (Lipinski definition) is 2. The first-order valence-corrected chi connectivity index (χ1v) is 5.72. The molecule has 0 aliphatic rings. The molecule has 1 aromatic heterocycles. The van der Waals surface area contributed by atoms with Crippen LogP contribution in [0.5, 0.6) is 11.5 Å². The third-order valence-electron chi connectivity index (χ3n) is 2.51. The lowest BCUT2D eigenvalue weighted by Gasteiger charge is -2.11. The van der Waals surface area contributed by atoms with Crippen LogP contribution in [0.2, 0.25) is 0 Å². The van der Waals surface area contributed by atoms with Gasteiger partial charge in [0.1, 0.15) is 17.5 Å². The lowest BCUT2D eigenvalue weighted by atomic mass is 10.2. The Balaban J connectivity index is 2.28. The fourth-order valence-corrected chi connectivity index (χ4v) is 1.72. The number of nitrogens with two attached hydrogens (primary N) is 1. The van der Waals surface area contributed by atoms with Crippen LogP contribution < -0.4 is 20.5 Å². The van der Waals surface area contributed by atoms with Crippen molar-refractivity contribution in [3.63, 3.8) is 0 Å². The Hall–Kier alpha value is -2.50. The average Bonchev–Trinajstić information content (AvgIpc) is 2.37. The number of aryl methyl sites for hydroxylation is 1. The van der Waals surface area contributed by atoms with Gasteiger partial charge in [0.15, 0.2) is 11.5 Å². The molecule has 0 unspecified atom stereocenters. The Morgan fingerprint density at radius 2 is 1.79 bits per heavy atom. The molecule has 19 heavy (non-hydrogen) atoms. The standard InChI is InChI=1S/C13H16N4O2/c1-8-15-12(14)7-13(16-8)17-9-4-5-10(18-2)11(6-9)19-3/h4-7H,1-3H3,(H3,14,15,16,17). The van der Waals surface area contributed by atoms with Crippen molar-refractivity contribution < 1.29 is 9.47 Å². The number of rotatable bonds is 4. The SMILES string of the molecule is COc1ccc(Nc2cc(N)nc(C)n2)cc1OC. The van der Waals surface area contributed by atoms with Crippen LogP contribution in [0.25, 0.3) is 0 Å².